The van der Waals surface area contributed by atoms with Crippen molar-refractivity contribution >= 4 is 23.5 Å². The van der Waals surface area contributed by atoms with Crippen LogP contribution in [0.3, 0.4) is 0 Å². The number of phenolic OH excluding ortho intramolecular Hbond substituents is 1. The third-order valence-electron chi connectivity index (χ3n) is 5.56. The van der Waals surface area contributed by atoms with E-state index in [-0.39, 0.29) is 24.9 Å². The summed E-state index contributed by atoms with van der Waals surface area (Å²) in [6.45, 7) is 3.83. The van der Waals surface area contributed by atoms with E-state index in [0.717, 1.165) is 5.56 Å². The van der Waals surface area contributed by atoms with Crippen molar-refractivity contribution in [2.45, 2.75) is 32.7 Å². The summed E-state index contributed by atoms with van der Waals surface area (Å²) in [6, 6.07) is 12.4. The Kier molecular flexibility index (Phi) is 7.11. The summed E-state index contributed by atoms with van der Waals surface area (Å²) in [5.74, 6) is 0.371. The maximum absolute atomic E-state index is 13.5. The lowest BCUT2D eigenvalue weighted by Gasteiger charge is -2.28. The van der Waals surface area contributed by atoms with Crippen LogP contribution in [0.1, 0.15) is 48.1 Å². The zero-order valence-electron chi connectivity index (χ0n) is 19.5. The van der Waals surface area contributed by atoms with Gasteiger partial charge in [-0.25, -0.2) is 9.48 Å². The third-order valence-corrected chi connectivity index (χ3v) is 5.56. The minimum Gasteiger partial charge on any atom is -0.508 e. The number of hydrogen-bond donors (Lipinski definition) is 4. The number of carbonyl (C=O) groups excluding carboxylic acids is 2. The van der Waals surface area contributed by atoms with E-state index >= 15 is 0 Å². The molecule has 3 aromatic rings. The van der Waals surface area contributed by atoms with Gasteiger partial charge in [-0.3, -0.25) is 4.79 Å². The molecule has 10 heteroatoms. The monoisotopic (exact) mass is 477 g/mol. The molecule has 0 aliphatic carbocycles. The highest BCUT2D eigenvalue weighted by atomic mass is 16.5. The van der Waals surface area contributed by atoms with Crippen LogP contribution in [0.25, 0.3) is 0 Å². The zero-order valence-corrected chi connectivity index (χ0v) is 19.5. The number of aryl methyl sites for hydroxylation is 1. The molecule has 4 rings (SSSR count). The van der Waals surface area contributed by atoms with Gasteiger partial charge in [0.15, 0.2) is 5.82 Å². The van der Waals surface area contributed by atoms with Crippen LogP contribution < -0.4 is 10.6 Å². The number of aromatic nitrogens is 3. The number of anilines is 2. The molecule has 10 nitrogen and oxygen atoms in total. The molecule has 35 heavy (non-hydrogen) atoms. The van der Waals surface area contributed by atoms with Crippen molar-refractivity contribution in [1.29, 1.82) is 0 Å². The van der Waals surface area contributed by atoms with Gasteiger partial charge in [0.1, 0.15) is 11.8 Å². The van der Waals surface area contributed by atoms with Gasteiger partial charge >= 0.3 is 5.97 Å². The quantitative estimate of drug-likeness (QED) is 0.363. The van der Waals surface area contributed by atoms with Crippen LogP contribution >= 0.6 is 0 Å². The highest BCUT2D eigenvalue weighted by Gasteiger charge is 2.34. The van der Waals surface area contributed by atoms with Gasteiger partial charge in [-0.15, -0.1) is 0 Å². The number of aliphatic hydroxyl groups is 1. The highest BCUT2D eigenvalue weighted by molar-refractivity contribution is 6.06. The van der Waals surface area contributed by atoms with E-state index in [4.69, 9.17) is 9.84 Å². The molecule has 1 unspecified atom stereocenters. The molecule has 0 spiro atoms. The van der Waals surface area contributed by atoms with Gasteiger partial charge in [-0.2, -0.15) is 10.1 Å². The summed E-state index contributed by atoms with van der Waals surface area (Å²) < 4.78 is 6.64. The Balaban J connectivity index is 1.66. The lowest BCUT2D eigenvalue weighted by Crippen LogP contribution is -2.31. The smallest absolute Gasteiger partial charge is 0.338 e. The molecule has 1 aromatic heterocycles. The summed E-state index contributed by atoms with van der Waals surface area (Å²) in [7, 11) is 0. The first kappa shape index (κ1) is 24.0. The normalized spacial score (nSPS) is 14.8. The number of allylic oxidation sites excluding steroid dienone is 1. The number of aliphatic hydroxyl groups excluding tert-OH is 1. The van der Waals surface area contributed by atoms with Crippen LogP contribution in [0, 0.1) is 0 Å². The van der Waals surface area contributed by atoms with E-state index in [9.17, 15) is 14.7 Å². The Morgan fingerprint density at radius 1 is 1.14 bits per heavy atom. The van der Waals surface area contributed by atoms with Gasteiger partial charge in [0.2, 0.25) is 5.95 Å². The summed E-state index contributed by atoms with van der Waals surface area (Å²) in [5.41, 5.74) is 2.69. The second kappa shape index (κ2) is 10.4. The Morgan fingerprint density at radius 3 is 2.51 bits per heavy atom. The molecule has 0 saturated carbocycles. The number of fused-ring (bicyclic) bond motifs is 1. The lowest BCUT2D eigenvalue weighted by molar-refractivity contribution is -0.113. The van der Waals surface area contributed by atoms with Crippen molar-refractivity contribution in [3.63, 3.8) is 0 Å². The minimum absolute atomic E-state index is 0.0264. The van der Waals surface area contributed by atoms with Crippen LogP contribution in [-0.4, -0.2) is 50.1 Å². The first-order chi connectivity index (χ1) is 16.9. The van der Waals surface area contributed by atoms with E-state index in [2.05, 4.69) is 20.7 Å². The van der Waals surface area contributed by atoms with Crippen LogP contribution in [0.4, 0.5) is 11.6 Å². The number of hydrogen-bond acceptors (Lipinski definition) is 8. The predicted octanol–water partition coefficient (Wildman–Crippen LogP) is 3.01. The van der Waals surface area contributed by atoms with E-state index in [1.165, 1.54) is 0 Å². The van der Waals surface area contributed by atoms with Crippen LogP contribution in [-0.2, 0) is 16.0 Å². The number of nitrogens with one attached hydrogen (secondary N) is 2. The Labute approximate surface area is 202 Å². The SMILES string of the molecule is CCOC(=O)c1ccc(NC(=O)C2=C(C)Nc3nc(CCCO)nn3C2c2ccc(O)cc2)cc1. The average molecular weight is 478 g/mol. The molecule has 2 aromatic carbocycles. The topological polar surface area (TPSA) is 139 Å². The number of amides is 1. The molecular weight excluding hydrogens is 450 g/mol. The van der Waals surface area contributed by atoms with Gasteiger partial charge in [0, 0.05) is 24.4 Å². The van der Waals surface area contributed by atoms with Crippen molar-refractivity contribution in [3.05, 3.63) is 76.8 Å². The standard InChI is InChI=1S/C25H27N5O5/c1-3-35-24(34)17-6-10-18(11-7-17)27-23(33)21-15(2)26-25-28-20(5-4-14-31)29-30(25)22(21)16-8-12-19(32)13-9-16/h6-13,22,31-32H,3-5,14H2,1-2H3,(H,27,33)(H,26,28,29). The van der Waals surface area contributed by atoms with Crippen molar-refractivity contribution < 1.29 is 24.5 Å². The molecule has 4 N–H and O–H groups in total. The average Bonchev–Trinajstić information content (AvgIpc) is 3.25. The highest BCUT2D eigenvalue weighted by Crippen LogP contribution is 2.36. The Morgan fingerprint density at radius 2 is 1.86 bits per heavy atom. The molecule has 2 heterocycles. The number of carbonyl (C=O) groups is 2. The van der Waals surface area contributed by atoms with Crippen molar-refractivity contribution in [2.75, 3.05) is 23.8 Å². The second-order valence-electron chi connectivity index (χ2n) is 8.03. The number of aromatic hydroxyl groups is 1. The lowest BCUT2D eigenvalue weighted by atomic mass is 9.95. The molecule has 0 saturated heterocycles. The molecule has 0 fully saturated rings. The fourth-order valence-corrected chi connectivity index (χ4v) is 3.90. The van der Waals surface area contributed by atoms with Crippen LogP contribution in [0.2, 0.25) is 0 Å². The Hall–Kier alpha value is -4.18. The molecule has 0 radical (unpaired) electrons. The van der Waals surface area contributed by atoms with Crippen molar-refractivity contribution in [3.8, 4) is 5.75 Å². The van der Waals surface area contributed by atoms with E-state index in [1.807, 2.05) is 0 Å². The van der Waals surface area contributed by atoms with E-state index in [0.29, 0.717) is 47.1 Å². The van der Waals surface area contributed by atoms with E-state index in [1.54, 1.807) is 67.1 Å². The fourth-order valence-electron chi connectivity index (χ4n) is 3.90. The molecule has 1 atom stereocenters. The number of ether oxygens (including phenoxy) is 1. The third kappa shape index (κ3) is 5.17. The predicted molar refractivity (Wildman–Crippen MR) is 129 cm³/mol. The summed E-state index contributed by atoms with van der Waals surface area (Å²) in [4.78, 5) is 29.9. The molecule has 182 valence electrons. The first-order valence-electron chi connectivity index (χ1n) is 11.3. The van der Waals surface area contributed by atoms with Gasteiger partial charge in [0.25, 0.3) is 5.91 Å². The minimum atomic E-state index is -0.596. The number of benzene rings is 2. The molecule has 0 bridgehead atoms. The zero-order chi connectivity index (χ0) is 24.9. The Bertz CT molecular complexity index is 1250. The summed E-state index contributed by atoms with van der Waals surface area (Å²) in [5, 5.41) is 29.6. The number of rotatable bonds is 8. The number of phenols is 1. The van der Waals surface area contributed by atoms with Crippen molar-refractivity contribution in [2.24, 2.45) is 0 Å². The van der Waals surface area contributed by atoms with E-state index < -0.39 is 12.0 Å². The largest absolute Gasteiger partial charge is 0.508 e. The second-order valence-corrected chi connectivity index (χ2v) is 8.03. The summed E-state index contributed by atoms with van der Waals surface area (Å²) >= 11 is 0. The summed E-state index contributed by atoms with van der Waals surface area (Å²) in [6.07, 6.45) is 1.02. The molecule has 1 aliphatic rings. The number of nitrogens with zero attached hydrogens (tertiary/aromatic N) is 3. The van der Waals surface area contributed by atoms with Gasteiger partial charge < -0.3 is 25.6 Å². The molecule has 1 amide bonds. The van der Waals surface area contributed by atoms with Gasteiger partial charge in [-0.1, -0.05) is 12.1 Å². The van der Waals surface area contributed by atoms with Gasteiger partial charge in [0.05, 0.1) is 17.7 Å². The van der Waals surface area contributed by atoms with Crippen LogP contribution in [0.5, 0.6) is 5.75 Å². The molecule has 1 aliphatic heterocycles. The van der Waals surface area contributed by atoms with Gasteiger partial charge in [-0.05, 0) is 62.2 Å². The maximum atomic E-state index is 13.5. The molecular formula is C25H27N5O5. The number of esters is 1. The maximum Gasteiger partial charge on any atom is 0.338 e. The van der Waals surface area contributed by atoms with Crippen molar-refractivity contribution in [1.82, 2.24) is 14.8 Å². The van der Waals surface area contributed by atoms with Crippen LogP contribution in [0.15, 0.2) is 59.8 Å². The first-order valence-corrected chi connectivity index (χ1v) is 11.3. The fraction of sp³-hybridized carbons (Fsp3) is 0.280.